The van der Waals surface area contributed by atoms with Gasteiger partial charge < -0.3 is 29.9 Å². The summed E-state index contributed by atoms with van der Waals surface area (Å²) in [5.74, 6) is 2.17. The van der Waals surface area contributed by atoms with Gasteiger partial charge in [-0.1, -0.05) is 24.8 Å². The highest BCUT2D eigenvalue weighted by Crippen LogP contribution is 2.67. The molecule has 0 radical (unpaired) electrons. The quantitative estimate of drug-likeness (QED) is 0.347. The van der Waals surface area contributed by atoms with Crippen LogP contribution in [0.5, 0.6) is 23.0 Å². The average molecular weight is 703 g/mol. The molecular weight excluding hydrogens is 656 g/mol. The van der Waals surface area contributed by atoms with E-state index in [0.29, 0.717) is 37.2 Å². The second kappa shape index (κ2) is 10.7. The summed E-state index contributed by atoms with van der Waals surface area (Å²) in [7, 11) is 0. The summed E-state index contributed by atoms with van der Waals surface area (Å²) in [6, 6.07) is 7.48. The molecule has 50 heavy (non-hydrogen) atoms. The van der Waals surface area contributed by atoms with Crippen LogP contribution in [0.15, 0.2) is 49.1 Å². The van der Waals surface area contributed by atoms with Crippen LogP contribution in [0.25, 0.3) is 0 Å². The van der Waals surface area contributed by atoms with Gasteiger partial charge in [-0.25, -0.2) is 0 Å². The minimum absolute atomic E-state index is 0. The molecule has 11 rings (SSSR count). The van der Waals surface area contributed by atoms with Gasteiger partial charge in [-0.05, 0) is 99.1 Å². The van der Waals surface area contributed by atoms with Crippen LogP contribution in [0, 0.1) is 5.92 Å². The van der Waals surface area contributed by atoms with Crippen molar-refractivity contribution in [1.82, 2.24) is 9.80 Å². The predicted octanol–water partition coefficient (Wildman–Crippen LogP) is 4.24. The molecule has 2 spiro atoms. The molecule has 4 N–H and O–H groups in total. The molecule has 4 bridgehead atoms. The number of carbonyl (C=O) groups is 1. The van der Waals surface area contributed by atoms with Gasteiger partial charge in [0.2, 0.25) is 0 Å². The zero-order valence-corrected chi connectivity index (χ0v) is 29.2. The number of aliphatic hydroxyl groups is 2. The van der Waals surface area contributed by atoms with Crippen molar-refractivity contribution in [1.29, 1.82) is 0 Å². The summed E-state index contributed by atoms with van der Waals surface area (Å²) in [5, 5.41) is 44.6. The van der Waals surface area contributed by atoms with Gasteiger partial charge in [-0.2, -0.15) is 0 Å². The molecule has 2 aromatic carbocycles. The zero-order valence-electron chi connectivity index (χ0n) is 28.4. The number of ketones is 1. The molecule has 2 saturated heterocycles. The summed E-state index contributed by atoms with van der Waals surface area (Å²) in [6.45, 7) is 11.8. The highest BCUT2D eigenvalue weighted by atomic mass is 35.5. The molecule has 0 aromatic heterocycles. The normalized spacial score (nSPS) is 39.6. The van der Waals surface area contributed by atoms with E-state index in [-0.39, 0.29) is 47.9 Å². The van der Waals surface area contributed by atoms with Crippen molar-refractivity contribution in [2.75, 3.05) is 26.2 Å². The van der Waals surface area contributed by atoms with E-state index in [1.54, 1.807) is 12.1 Å². The summed E-state index contributed by atoms with van der Waals surface area (Å²) in [4.78, 5) is 17.5. The number of ether oxygens (including phenoxy) is 2. The smallest absolute Gasteiger partial charge is 0.174 e. The number of hydrogen-bond acceptors (Lipinski definition) is 9. The Morgan fingerprint density at radius 1 is 0.800 bits per heavy atom. The van der Waals surface area contributed by atoms with Gasteiger partial charge in [0.25, 0.3) is 0 Å². The minimum Gasteiger partial charge on any atom is -0.504 e. The maximum Gasteiger partial charge on any atom is 0.174 e. The van der Waals surface area contributed by atoms with Gasteiger partial charge in [0.15, 0.2) is 34.9 Å². The Hall–Kier alpha value is -3.08. The summed E-state index contributed by atoms with van der Waals surface area (Å²) < 4.78 is 12.3. The van der Waals surface area contributed by atoms with Gasteiger partial charge in [0, 0.05) is 49.3 Å². The molecule has 0 unspecified atom stereocenters. The molecule has 5 aliphatic carbocycles. The Morgan fingerprint density at radius 3 is 1.94 bits per heavy atom. The van der Waals surface area contributed by atoms with Gasteiger partial charge in [-0.3, -0.25) is 14.6 Å². The molecule has 4 heterocycles. The van der Waals surface area contributed by atoms with E-state index in [1.807, 2.05) is 18.2 Å². The maximum atomic E-state index is 12.6. The first-order valence-corrected chi connectivity index (χ1v) is 18.4. The van der Waals surface area contributed by atoms with Crippen LogP contribution in [0.1, 0.15) is 73.6 Å². The van der Waals surface area contributed by atoms with E-state index >= 15 is 0 Å². The highest BCUT2D eigenvalue weighted by molar-refractivity contribution is 5.90. The number of carbonyl (C=O) groups excluding carboxylic acids is 1. The van der Waals surface area contributed by atoms with Crippen LogP contribution >= 0.6 is 12.4 Å². The van der Waals surface area contributed by atoms with E-state index in [9.17, 15) is 25.2 Å². The van der Waals surface area contributed by atoms with E-state index in [0.717, 1.165) is 80.0 Å². The number of phenolic OH excluding ortho intramolecular Hbond substituents is 2. The standard InChI is InChI=1S/C21H25NO3.C19H21NO4.ClH/c1-12-6-7-21(24)16-10-14-4-5-15(23)18-17(14)20(21,19(12)25-18)8-9-22(16)11-13-2-3-13;1-2-8-20-9-7-18-15-11-3-4-12(21)16(15)24-17(18)13(22)5-6-19(18,23)14(20)10-11;/h4-5,13,16,19,23-24H,1-3,6-11H2;2-4,14,17,21,23H,1,5-10H2;1H/t16-,19+,20+,21-;14-,17+,18+,19-;/m11./s1. The van der Waals surface area contributed by atoms with E-state index < -0.39 is 28.1 Å². The lowest BCUT2D eigenvalue weighted by molar-refractivity contribution is -0.187. The van der Waals surface area contributed by atoms with Crippen molar-refractivity contribution in [3.63, 3.8) is 0 Å². The highest BCUT2D eigenvalue weighted by Gasteiger charge is 2.74. The third kappa shape index (κ3) is 3.80. The van der Waals surface area contributed by atoms with Crippen LogP contribution in [0.2, 0.25) is 0 Å². The number of phenols is 2. The second-order valence-corrected chi connectivity index (χ2v) is 16.5. The fraction of sp³-hybridized carbons (Fsp3) is 0.575. The first-order valence-electron chi connectivity index (χ1n) is 18.4. The van der Waals surface area contributed by atoms with Gasteiger partial charge in [0.1, 0.15) is 6.10 Å². The van der Waals surface area contributed by atoms with Crippen molar-refractivity contribution in [3.8, 4) is 23.0 Å². The number of piperidine rings is 2. The minimum atomic E-state index is -1.00. The molecule has 8 atom stereocenters. The number of benzene rings is 2. The Balaban J connectivity index is 0.000000132. The number of likely N-dealkylation sites (tertiary alicyclic amines) is 2. The van der Waals surface area contributed by atoms with E-state index in [1.165, 1.54) is 18.4 Å². The number of hydrogen-bond donors (Lipinski definition) is 4. The van der Waals surface area contributed by atoms with Crippen molar-refractivity contribution >= 4 is 18.2 Å². The predicted molar refractivity (Wildman–Crippen MR) is 188 cm³/mol. The van der Waals surface area contributed by atoms with Crippen LogP contribution in [-0.2, 0) is 28.5 Å². The largest absolute Gasteiger partial charge is 0.504 e. The fourth-order valence-corrected chi connectivity index (χ4v) is 12.2. The van der Waals surface area contributed by atoms with Crippen LogP contribution in [0.3, 0.4) is 0 Å². The number of aromatic hydroxyl groups is 2. The van der Waals surface area contributed by atoms with Crippen LogP contribution < -0.4 is 9.47 Å². The lowest BCUT2D eigenvalue weighted by Crippen LogP contribution is -2.76. The summed E-state index contributed by atoms with van der Waals surface area (Å²) >= 11 is 0. The lowest BCUT2D eigenvalue weighted by Gasteiger charge is -2.63. The second-order valence-electron chi connectivity index (χ2n) is 16.5. The van der Waals surface area contributed by atoms with Crippen molar-refractivity contribution < 1.29 is 34.7 Å². The number of halogens is 1. The van der Waals surface area contributed by atoms with Crippen molar-refractivity contribution in [2.24, 2.45) is 5.92 Å². The molecule has 3 saturated carbocycles. The molecule has 266 valence electrons. The number of Topliss-reactive ketones (excluding diaryl/α,β-unsaturated/α-hetero) is 1. The molecule has 4 aliphatic heterocycles. The third-order valence-corrected chi connectivity index (χ3v) is 14.4. The molecule has 2 aromatic rings. The lowest BCUT2D eigenvalue weighted by atomic mass is 9.48. The van der Waals surface area contributed by atoms with Crippen LogP contribution in [0.4, 0.5) is 0 Å². The van der Waals surface area contributed by atoms with Crippen molar-refractivity contribution in [2.45, 2.75) is 111 Å². The fourth-order valence-electron chi connectivity index (χ4n) is 12.2. The molecular formula is C40H47ClN2O7. The molecule has 5 fully saturated rings. The topological polar surface area (TPSA) is 123 Å². The monoisotopic (exact) mass is 702 g/mol. The SMILES string of the molecule is C=C1CC[C@@]2(O)[C@H]3Cc4ccc(O)c5c4[C@@]2(CCN3CC2CC2)[C@H]1O5.C=CCN1CC[C@]23c4c5ccc(O)c4O[C@H]2C(=O)CC[C@@]3(O)[C@H]1C5.Cl. The molecule has 0 amide bonds. The van der Waals surface area contributed by atoms with Gasteiger partial charge >= 0.3 is 0 Å². The molecule has 10 heteroatoms. The van der Waals surface area contributed by atoms with Gasteiger partial charge in [0.05, 0.1) is 22.0 Å². The summed E-state index contributed by atoms with van der Waals surface area (Å²) in [5.41, 5.74) is 2.46. The molecule has 9 nitrogen and oxygen atoms in total. The number of nitrogens with zero attached hydrogens (tertiary/aromatic N) is 2. The first-order chi connectivity index (χ1) is 23.6. The number of rotatable bonds is 4. The zero-order chi connectivity index (χ0) is 33.7. The maximum absolute atomic E-state index is 12.6. The van der Waals surface area contributed by atoms with Crippen molar-refractivity contribution in [3.05, 3.63) is 71.3 Å². The third-order valence-electron chi connectivity index (χ3n) is 14.4. The Bertz CT molecular complexity index is 1850. The Morgan fingerprint density at radius 2 is 1.34 bits per heavy atom. The Kier molecular flexibility index (Phi) is 7.04. The van der Waals surface area contributed by atoms with E-state index in [4.69, 9.17) is 9.47 Å². The van der Waals surface area contributed by atoms with E-state index in [2.05, 4.69) is 23.0 Å². The van der Waals surface area contributed by atoms with Gasteiger partial charge in [-0.15, -0.1) is 19.0 Å². The first kappa shape index (κ1) is 32.8. The summed E-state index contributed by atoms with van der Waals surface area (Å²) in [6.07, 6.45) is 9.13. The van der Waals surface area contributed by atoms with Crippen LogP contribution in [-0.4, -0.2) is 97.7 Å². The molecule has 9 aliphatic rings. The average Bonchev–Trinajstić information content (AvgIpc) is 3.71. The Labute approximate surface area is 299 Å².